The number of hydrogen-bond acceptors (Lipinski definition) is 3. The molecule has 9 heteroatoms. The lowest BCUT2D eigenvalue weighted by Gasteiger charge is -2.12. The highest BCUT2D eigenvalue weighted by molar-refractivity contribution is 6.02. The van der Waals surface area contributed by atoms with Crippen molar-refractivity contribution in [3.05, 3.63) is 54.0 Å². The second-order valence-electron chi connectivity index (χ2n) is 5.62. The average molecular weight is 382 g/mol. The van der Waals surface area contributed by atoms with Crippen LogP contribution in [0.4, 0.5) is 18.9 Å². The summed E-state index contributed by atoms with van der Waals surface area (Å²) in [5.41, 5.74) is 1.36. The van der Waals surface area contributed by atoms with Crippen molar-refractivity contribution in [1.29, 1.82) is 0 Å². The fourth-order valence-electron chi connectivity index (χ4n) is 2.18. The van der Waals surface area contributed by atoms with Crippen LogP contribution in [0.25, 0.3) is 0 Å². The first kappa shape index (κ1) is 20.3. The van der Waals surface area contributed by atoms with E-state index in [0.717, 1.165) is 5.56 Å². The molecule has 0 spiro atoms. The molecule has 0 radical (unpaired) electrons. The summed E-state index contributed by atoms with van der Waals surface area (Å²) in [4.78, 5) is 16.3. The normalized spacial score (nSPS) is 11.9. The molecular formula is C18H21F3N4O2. The molecule has 3 N–H and O–H groups in total. The van der Waals surface area contributed by atoms with E-state index >= 15 is 0 Å². The molecule has 0 aliphatic heterocycles. The number of amides is 1. The number of furan rings is 1. The first-order chi connectivity index (χ1) is 12.9. The number of rotatable bonds is 7. The van der Waals surface area contributed by atoms with Crippen LogP contribution in [0.3, 0.4) is 0 Å². The van der Waals surface area contributed by atoms with Gasteiger partial charge in [-0.1, -0.05) is 12.1 Å². The van der Waals surface area contributed by atoms with Crippen LogP contribution in [-0.4, -0.2) is 31.1 Å². The van der Waals surface area contributed by atoms with Crippen molar-refractivity contribution in [3.63, 3.8) is 0 Å². The van der Waals surface area contributed by atoms with Crippen molar-refractivity contribution in [1.82, 2.24) is 10.6 Å². The summed E-state index contributed by atoms with van der Waals surface area (Å²) in [6.07, 6.45) is -3.75. The van der Waals surface area contributed by atoms with Crippen molar-refractivity contribution < 1.29 is 22.4 Å². The predicted octanol–water partition coefficient (Wildman–Crippen LogP) is 3.54. The minimum Gasteiger partial charge on any atom is -0.459 e. The molecule has 27 heavy (non-hydrogen) atoms. The summed E-state index contributed by atoms with van der Waals surface area (Å²) in [7, 11) is 0. The van der Waals surface area contributed by atoms with Gasteiger partial charge in [-0.15, -0.1) is 0 Å². The maximum absolute atomic E-state index is 12.3. The number of nitrogens with one attached hydrogen (secondary N) is 3. The van der Waals surface area contributed by atoms with Gasteiger partial charge in [0.05, 0.1) is 19.2 Å². The molecule has 0 aliphatic rings. The second-order valence-corrected chi connectivity index (χ2v) is 5.62. The van der Waals surface area contributed by atoms with E-state index in [2.05, 4.69) is 20.9 Å². The number of anilines is 1. The number of carbonyl (C=O) groups is 1. The Morgan fingerprint density at radius 2 is 2.00 bits per heavy atom. The summed E-state index contributed by atoms with van der Waals surface area (Å²) in [6, 6.07) is 10.2. The zero-order valence-electron chi connectivity index (χ0n) is 14.8. The van der Waals surface area contributed by atoms with Crippen molar-refractivity contribution >= 4 is 17.6 Å². The number of nitrogens with zero attached hydrogens (tertiary/aromatic N) is 1. The van der Waals surface area contributed by atoms with Crippen LogP contribution in [-0.2, 0) is 6.54 Å². The molecule has 0 saturated carbocycles. The van der Waals surface area contributed by atoms with E-state index in [-0.39, 0.29) is 24.8 Å². The zero-order valence-corrected chi connectivity index (χ0v) is 14.8. The Hall–Kier alpha value is -2.97. The fourth-order valence-corrected chi connectivity index (χ4v) is 2.18. The second kappa shape index (κ2) is 9.65. The number of alkyl halides is 3. The molecule has 0 aliphatic carbocycles. The molecule has 2 aromatic rings. The fraction of sp³-hybridized carbons (Fsp3) is 0.333. The molecule has 1 aromatic carbocycles. The highest BCUT2D eigenvalue weighted by Crippen LogP contribution is 2.18. The van der Waals surface area contributed by atoms with E-state index < -0.39 is 12.6 Å². The third kappa shape index (κ3) is 7.43. The van der Waals surface area contributed by atoms with Crippen molar-refractivity contribution in [2.24, 2.45) is 4.99 Å². The van der Waals surface area contributed by atoms with Gasteiger partial charge < -0.3 is 20.4 Å². The van der Waals surface area contributed by atoms with Crippen molar-refractivity contribution in [3.8, 4) is 0 Å². The molecule has 0 bridgehead atoms. The molecule has 0 unspecified atom stereocenters. The summed E-state index contributed by atoms with van der Waals surface area (Å²) in [5, 5.41) is 8.25. The molecule has 0 saturated heterocycles. The van der Waals surface area contributed by atoms with Gasteiger partial charge in [0.2, 0.25) is 0 Å². The number of hydrogen-bond donors (Lipinski definition) is 3. The zero-order chi connectivity index (χ0) is 19.7. The van der Waals surface area contributed by atoms with E-state index in [1.165, 1.54) is 6.26 Å². The molecular weight excluding hydrogens is 361 g/mol. The minimum atomic E-state index is -4.22. The highest BCUT2D eigenvalue weighted by atomic mass is 19.4. The van der Waals surface area contributed by atoms with Gasteiger partial charge in [-0.05, 0) is 36.8 Å². The molecule has 1 aromatic heterocycles. The van der Waals surface area contributed by atoms with Gasteiger partial charge in [-0.25, -0.2) is 4.99 Å². The summed E-state index contributed by atoms with van der Waals surface area (Å²) in [6.45, 7) is 2.34. The van der Waals surface area contributed by atoms with Crippen LogP contribution in [0.15, 0.2) is 52.1 Å². The average Bonchev–Trinajstić information content (AvgIpc) is 3.14. The molecule has 0 atom stereocenters. The van der Waals surface area contributed by atoms with Gasteiger partial charge in [0, 0.05) is 18.8 Å². The quantitative estimate of drug-likeness (QED) is 0.506. The van der Waals surface area contributed by atoms with Crippen molar-refractivity contribution in [2.75, 3.05) is 18.4 Å². The van der Waals surface area contributed by atoms with E-state index in [1.54, 1.807) is 30.3 Å². The molecule has 1 heterocycles. The SMILES string of the molecule is CCNC(=NCc1cccc(NC(=O)c2ccco2)c1)NCCC(F)(F)F. The minimum absolute atomic E-state index is 0.196. The lowest BCUT2D eigenvalue weighted by atomic mass is 10.2. The topological polar surface area (TPSA) is 78.7 Å². The Labute approximate surface area is 154 Å². The summed E-state index contributed by atoms with van der Waals surface area (Å²) in [5.74, 6) is 0.122. The van der Waals surface area contributed by atoms with Gasteiger partial charge in [0.15, 0.2) is 11.7 Å². The lowest BCUT2D eigenvalue weighted by molar-refractivity contribution is -0.132. The largest absolute Gasteiger partial charge is 0.459 e. The predicted molar refractivity (Wildman–Crippen MR) is 96.6 cm³/mol. The standard InChI is InChI=1S/C18H21F3N4O2/c1-2-22-17(23-9-8-18(19,20)21)24-12-13-5-3-6-14(11-13)25-16(26)15-7-4-10-27-15/h3-7,10-11H,2,8-9,12H2,1H3,(H,25,26)(H2,22,23,24). The molecule has 2 rings (SSSR count). The van der Waals surface area contributed by atoms with Gasteiger partial charge in [-0.3, -0.25) is 4.79 Å². The maximum Gasteiger partial charge on any atom is 0.390 e. The Balaban J connectivity index is 1.96. The van der Waals surface area contributed by atoms with Crippen LogP contribution in [0.5, 0.6) is 0 Å². The van der Waals surface area contributed by atoms with E-state index in [1.807, 2.05) is 13.0 Å². The Kier molecular flexibility index (Phi) is 7.27. The monoisotopic (exact) mass is 382 g/mol. The first-order valence-corrected chi connectivity index (χ1v) is 8.40. The van der Waals surface area contributed by atoms with Gasteiger partial charge in [-0.2, -0.15) is 13.2 Å². The smallest absolute Gasteiger partial charge is 0.390 e. The van der Waals surface area contributed by atoms with Crippen LogP contribution in [0, 0.1) is 0 Å². The molecule has 146 valence electrons. The Morgan fingerprint density at radius 3 is 2.67 bits per heavy atom. The molecule has 0 fully saturated rings. The van der Waals surface area contributed by atoms with E-state index in [0.29, 0.717) is 18.2 Å². The lowest BCUT2D eigenvalue weighted by Crippen LogP contribution is -2.38. The Bertz CT molecular complexity index is 758. The number of halogens is 3. The van der Waals surface area contributed by atoms with Crippen molar-refractivity contribution in [2.45, 2.75) is 26.1 Å². The summed E-state index contributed by atoms with van der Waals surface area (Å²) < 4.78 is 41.8. The van der Waals surface area contributed by atoms with Gasteiger partial charge in [0.25, 0.3) is 5.91 Å². The maximum atomic E-state index is 12.3. The first-order valence-electron chi connectivity index (χ1n) is 8.40. The number of carbonyl (C=O) groups excluding carboxylic acids is 1. The summed E-state index contributed by atoms with van der Waals surface area (Å²) >= 11 is 0. The third-order valence-electron chi connectivity index (χ3n) is 3.39. The van der Waals surface area contributed by atoms with E-state index in [9.17, 15) is 18.0 Å². The number of aliphatic imine (C=N–C) groups is 1. The van der Waals surface area contributed by atoms with Crippen LogP contribution in [0.2, 0.25) is 0 Å². The van der Waals surface area contributed by atoms with Crippen LogP contribution >= 0.6 is 0 Å². The molecule has 1 amide bonds. The highest BCUT2D eigenvalue weighted by Gasteiger charge is 2.26. The Morgan fingerprint density at radius 1 is 1.19 bits per heavy atom. The molecule has 6 nitrogen and oxygen atoms in total. The van der Waals surface area contributed by atoms with Gasteiger partial charge >= 0.3 is 6.18 Å². The third-order valence-corrected chi connectivity index (χ3v) is 3.39. The van der Waals surface area contributed by atoms with Crippen LogP contribution < -0.4 is 16.0 Å². The number of benzene rings is 1. The number of guanidine groups is 1. The van der Waals surface area contributed by atoms with E-state index in [4.69, 9.17) is 4.42 Å². The van der Waals surface area contributed by atoms with Gasteiger partial charge in [0.1, 0.15) is 0 Å². The van der Waals surface area contributed by atoms with Crippen LogP contribution in [0.1, 0.15) is 29.5 Å².